The van der Waals surface area contributed by atoms with Crippen LogP contribution in [-0.4, -0.2) is 58.6 Å². The Kier molecular flexibility index (Phi) is 5.69. The van der Waals surface area contributed by atoms with Gasteiger partial charge in [-0.3, -0.25) is 14.3 Å². The highest BCUT2D eigenvalue weighted by Gasteiger charge is 2.25. The van der Waals surface area contributed by atoms with E-state index in [9.17, 15) is 9.59 Å². The summed E-state index contributed by atoms with van der Waals surface area (Å²) in [7, 11) is 5.09. The van der Waals surface area contributed by atoms with Crippen molar-refractivity contribution in [3.8, 4) is 0 Å². The van der Waals surface area contributed by atoms with Gasteiger partial charge in [-0.25, -0.2) is 0 Å². The van der Waals surface area contributed by atoms with Gasteiger partial charge in [0.05, 0.1) is 12.7 Å². The molecule has 0 aliphatic heterocycles. The molecule has 1 atom stereocenters. The zero-order chi connectivity index (χ0) is 15.3. The molecule has 7 heteroatoms. The van der Waals surface area contributed by atoms with Crippen molar-refractivity contribution in [1.29, 1.82) is 0 Å². The topological polar surface area (TPSA) is 84.5 Å². The number of nitrogens with two attached hydrogens (primary N) is 1. The van der Waals surface area contributed by atoms with Crippen molar-refractivity contribution in [2.75, 3.05) is 27.2 Å². The Morgan fingerprint density at radius 2 is 2.10 bits per heavy atom. The lowest BCUT2D eigenvalue weighted by Crippen LogP contribution is -2.44. The molecule has 1 aromatic rings. The highest BCUT2D eigenvalue weighted by molar-refractivity contribution is 5.88. The van der Waals surface area contributed by atoms with Crippen molar-refractivity contribution < 1.29 is 9.59 Å². The standard InChI is InChI=1S/C13H23N5O2/c1-5-6-18(9-11(19)16(2)3)13(20)12(14)10-7-15-17(4)8-10/h7-8,12H,5-6,9,14H2,1-4H3. The summed E-state index contributed by atoms with van der Waals surface area (Å²) in [5.74, 6) is -0.375. The van der Waals surface area contributed by atoms with Gasteiger partial charge in [0.1, 0.15) is 6.04 Å². The number of hydrogen-bond donors (Lipinski definition) is 1. The van der Waals surface area contributed by atoms with Crippen LogP contribution in [0.2, 0.25) is 0 Å². The van der Waals surface area contributed by atoms with Gasteiger partial charge in [0.15, 0.2) is 0 Å². The van der Waals surface area contributed by atoms with Crippen LogP contribution in [0.15, 0.2) is 12.4 Å². The van der Waals surface area contributed by atoms with E-state index in [0.29, 0.717) is 12.1 Å². The molecule has 1 unspecified atom stereocenters. The number of hydrogen-bond acceptors (Lipinski definition) is 4. The lowest BCUT2D eigenvalue weighted by molar-refractivity contribution is -0.140. The van der Waals surface area contributed by atoms with Crippen molar-refractivity contribution in [2.24, 2.45) is 12.8 Å². The van der Waals surface area contributed by atoms with Gasteiger partial charge in [0.25, 0.3) is 0 Å². The maximum absolute atomic E-state index is 12.4. The van der Waals surface area contributed by atoms with Crippen LogP contribution in [-0.2, 0) is 16.6 Å². The fraction of sp³-hybridized carbons (Fsp3) is 0.615. The largest absolute Gasteiger partial charge is 0.347 e. The van der Waals surface area contributed by atoms with Gasteiger partial charge in [0, 0.05) is 39.4 Å². The number of likely N-dealkylation sites (N-methyl/N-ethyl adjacent to an activating group) is 1. The van der Waals surface area contributed by atoms with Crippen LogP contribution in [0.25, 0.3) is 0 Å². The smallest absolute Gasteiger partial charge is 0.244 e. The minimum absolute atomic E-state index is 0.0492. The van der Waals surface area contributed by atoms with E-state index in [4.69, 9.17) is 5.73 Å². The first-order chi connectivity index (χ1) is 9.36. The van der Waals surface area contributed by atoms with Gasteiger partial charge < -0.3 is 15.5 Å². The number of carbonyl (C=O) groups is 2. The van der Waals surface area contributed by atoms with Crippen molar-refractivity contribution in [3.05, 3.63) is 18.0 Å². The molecule has 112 valence electrons. The Hall–Kier alpha value is -1.89. The van der Waals surface area contributed by atoms with Crippen LogP contribution >= 0.6 is 0 Å². The zero-order valence-corrected chi connectivity index (χ0v) is 12.5. The van der Waals surface area contributed by atoms with Crippen molar-refractivity contribution >= 4 is 11.8 Å². The van der Waals surface area contributed by atoms with E-state index in [1.54, 1.807) is 38.2 Å². The summed E-state index contributed by atoms with van der Waals surface area (Å²) in [6.07, 6.45) is 4.05. The fourth-order valence-electron chi connectivity index (χ4n) is 1.78. The molecule has 0 fully saturated rings. The summed E-state index contributed by atoms with van der Waals surface area (Å²) in [6.45, 7) is 2.51. The highest BCUT2D eigenvalue weighted by atomic mass is 16.2. The maximum atomic E-state index is 12.4. The predicted molar refractivity (Wildman–Crippen MR) is 75.7 cm³/mol. The van der Waals surface area contributed by atoms with Crippen LogP contribution < -0.4 is 5.73 Å². The quantitative estimate of drug-likeness (QED) is 0.779. The molecule has 2 N–H and O–H groups in total. The summed E-state index contributed by atoms with van der Waals surface area (Å²) in [4.78, 5) is 27.1. The van der Waals surface area contributed by atoms with E-state index in [2.05, 4.69) is 5.10 Å². The van der Waals surface area contributed by atoms with E-state index in [1.807, 2.05) is 6.92 Å². The van der Waals surface area contributed by atoms with Crippen LogP contribution in [0.5, 0.6) is 0 Å². The average Bonchev–Trinajstić information content (AvgIpc) is 2.82. The van der Waals surface area contributed by atoms with Crippen molar-refractivity contribution in [2.45, 2.75) is 19.4 Å². The molecule has 2 amide bonds. The Morgan fingerprint density at radius 3 is 2.55 bits per heavy atom. The third-order valence-electron chi connectivity index (χ3n) is 2.98. The molecule has 0 aromatic carbocycles. The molecular formula is C13H23N5O2. The second-order valence-electron chi connectivity index (χ2n) is 4.97. The Bertz CT molecular complexity index is 469. The first-order valence-corrected chi connectivity index (χ1v) is 6.59. The molecule has 1 aromatic heterocycles. The molecule has 0 aliphatic carbocycles. The molecule has 0 spiro atoms. The van der Waals surface area contributed by atoms with Crippen LogP contribution in [0.4, 0.5) is 0 Å². The highest BCUT2D eigenvalue weighted by Crippen LogP contribution is 2.12. The first kappa shape index (κ1) is 16.2. The Labute approximate surface area is 119 Å². The predicted octanol–water partition coefficient (Wildman–Crippen LogP) is -0.253. The monoisotopic (exact) mass is 281 g/mol. The van der Waals surface area contributed by atoms with Gasteiger partial charge in [0.2, 0.25) is 11.8 Å². The normalized spacial score (nSPS) is 12.1. The molecule has 1 heterocycles. The molecule has 0 bridgehead atoms. The molecular weight excluding hydrogens is 258 g/mol. The van der Waals surface area contributed by atoms with Gasteiger partial charge in [-0.05, 0) is 6.42 Å². The van der Waals surface area contributed by atoms with Crippen LogP contribution in [0.1, 0.15) is 24.9 Å². The molecule has 0 aliphatic rings. The molecule has 1 rings (SSSR count). The number of nitrogens with zero attached hydrogens (tertiary/aromatic N) is 4. The molecule has 20 heavy (non-hydrogen) atoms. The van der Waals surface area contributed by atoms with E-state index in [1.165, 1.54) is 9.80 Å². The number of rotatable bonds is 6. The Morgan fingerprint density at radius 1 is 1.45 bits per heavy atom. The zero-order valence-electron chi connectivity index (χ0n) is 12.5. The van der Waals surface area contributed by atoms with Crippen molar-refractivity contribution in [3.63, 3.8) is 0 Å². The van der Waals surface area contributed by atoms with Gasteiger partial charge in [-0.1, -0.05) is 6.92 Å². The summed E-state index contributed by atoms with van der Waals surface area (Å²) >= 11 is 0. The lowest BCUT2D eigenvalue weighted by Gasteiger charge is -2.25. The molecule has 0 saturated heterocycles. The summed E-state index contributed by atoms with van der Waals surface area (Å²) < 4.78 is 1.59. The SMILES string of the molecule is CCCN(CC(=O)N(C)C)C(=O)C(N)c1cnn(C)c1. The minimum Gasteiger partial charge on any atom is -0.347 e. The molecule has 0 saturated carbocycles. The number of amides is 2. The number of aromatic nitrogens is 2. The summed E-state index contributed by atoms with van der Waals surface area (Å²) in [6, 6.07) is -0.787. The third-order valence-corrected chi connectivity index (χ3v) is 2.98. The minimum atomic E-state index is -0.787. The summed E-state index contributed by atoms with van der Waals surface area (Å²) in [5.41, 5.74) is 6.61. The number of aryl methyl sites for hydroxylation is 1. The van der Waals surface area contributed by atoms with Gasteiger partial charge in [-0.15, -0.1) is 0 Å². The average molecular weight is 281 g/mol. The molecule has 0 radical (unpaired) electrons. The lowest BCUT2D eigenvalue weighted by atomic mass is 10.1. The van der Waals surface area contributed by atoms with E-state index in [0.717, 1.165) is 6.42 Å². The third kappa shape index (κ3) is 4.06. The second kappa shape index (κ2) is 7.04. The molecule has 7 nitrogen and oxygen atoms in total. The maximum Gasteiger partial charge on any atom is 0.244 e. The van der Waals surface area contributed by atoms with E-state index in [-0.39, 0.29) is 18.4 Å². The Balaban J connectivity index is 2.80. The van der Waals surface area contributed by atoms with E-state index >= 15 is 0 Å². The van der Waals surface area contributed by atoms with Crippen LogP contribution in [0, 0.1) is 0 Å². The van der Waals surface area contributed by atoms with E-state index < -0.39 is 6.04 Å². The van der Waals surface area contributed by atoms with Crippen molar-refractivity contribution in [1.82, 2.24) is 19.6 Å². The van der Waals surface area contributed by atoms with Gasteiger partial charge in [-0.2, -0.15) is 5.10 Å². The second-order valence-corrected chi connectivity index (χ2v) is 4.97. The summed E-state index contributed by atoms with van der Waals surface area (Å²) in [5, 5.41) is 4.01. The fourth-order valence-corrected chi connectivity index (χ4v) is 1.78. The first-order valence-electron chi connectivity index (χ1n) is 6.59. The number of carbonyl (C=O) groups excluding carboxylic acids is 2. The van der Waals surface area contributed by atoms with Crippen LogP contribution in [0.3, 0.4) is 0 Å². The van der Waals surface area contributed by atoms with Gasteiger partial charge >= 0.3 is 0 Å².